The molecule has 0 aliphatic heterocycles. The first-order valence-corrected chi connectivity index (χ1v) is 9.31. The second-order valence-corrected chi connectivity index (χ2v) is 7.81. The lowest BCUT2D eigenvalue weighted by Crippen LogP contribution is -2.55. The molecule has 1 aromatic heterocycles. The zero-order chi connectivity index (χ0) is 17.4. The van der Waals surface area contributed by atoms with Gasteiger partial charge in [-0.2, -0.15) is 0 Å². The molecule has 4 rings (SSSR count). The van der Waals surface area contributed by atoms with Crippen LogP contribution in [-0.4, -0.2) is 52.0 Å². The number of carbonyl (C=O) groups is 2. The van der Waals surface area contributed by atoms with E-state index in [0.29, 0.717) is 17.4 Å². The third-order valence-electron chi connectivity index (χ3n) is 5.53. The van der Waals surface area contributed by atoms with Crippen molar-refractivity contribution in [1.82, 2.24) is 15.2 Å². The molecule has 3 aliphatic rings. The molecule has 1 aromatic rings. The van der Waals surface area contributed by atoms with Crippen LogP contribution in [0.1, 0.15) is 60.5 Å². The summed E-state index contributed by atoms with van der Waals surface area (Å²) < 4.78 is 0. The van der Waals surface area contributed by atoms with Crippen LogP contribution >= 0.6 is 0 Å². The smallest absolute Gasteiger partial charge is 0.317 e. The molecular weight excluding hydrogens is 318 g/mol. The van der Waals surface area contributed by atoms with Gasteiger partial charge in [-0.1, -0.05) is 0 Å². The SMILES string of the molecule is O=C(O)CN(CC1CC1)C1CC(NC(=O)c2ccnc(C3CC3)c2)C1. The monoisotopic (exact) mass is 343 g/mol. The summed E-state index contributed by atoms with van der Waals surface area (Å²) in [5.41, 5.74) is 1.71. The summed E-state index contributed by atoms with van der Waals surface area (Å²) in [5, 5.41) is 12.2. The fourth-order valence-electron chi connectivity index (χ4n) is 3.61. The zero-order valence-electron chi connectivity index (χ0n) is 14.4. The molecule has 0 atom stereocenters. The van der Waals surface area contributed by atoms with Crippen LogP contribution in [0.25, 0.3) is 0 Å². The number of carbonyl (C=O) groups excluding carboxylic acids is 1. The second kappa shape index (κ2) is 6.75. The van der Waals surface area contributed by atoms with E-state index in [2.05, 4.69) is 15.2 Å². The molecule has 3 aliphatic carbocycles. The fraction of sp³-hybridized carbons (Fsp3) is 0.632. The Morgan fingerprint density at radius 3 is 2.64 bits per heavy atom. The Balaban J connectivity index is 1.28. The van der Waals surface area contributed by atoms with E-state index in [-0.39, 0.29) is 24.5 Å². The highest BCUT2D eigenvalue weighted by Gasteiger charge is 2.37. The molecule has 0 spiro atoms. The minimum Gasteiger partial charge on any atom is -0.480 e. The Morgan fingerprint density at radius 2 is 2.00 bits per heavy atom. The van der Waals surface area contributed by atoms with Crippen LogP contribution < -0.4 is 5.32 Å². The van der Waals surface area contributed by atoms with Gasteiger partial charge in [-0.3, -0.25) is 19.5 Å². The predicted molar refractivity (Wildman–Crippen MR) is 92.4 cm³/mol. The van der Waals surface area contributed by atoms with E-state index in [1.54, 1.807) is 12.3 Å². The van der Waals surface area contributed by atoms with Crippen molar-refractivity contribution >= 4 is 11.9 Å². The first kappa shape index (κ1) is 16.5. The lowest BCUT2D eigenvalue weighted by atomic mass is 9.85. The van der Waals surface area contributed by atoms with Crippen LogP contribution in [0.2, 0.25) is 0 Å². The number of nitrogens with zero attached hydrogens (tertiary/aromatic N) is 2. The van der Waals surface area contributed by atoms with Crippen molar-refractivity contribution in [3.63, 3.8) is 0 Å². The number of carboxylic acid groups (broad SMARTS) is 1. The van der Waals surface area contributed by atoms with Gasteiger partial charge in [-0.05, 0) is 56.6 Å². The number of aromatic nitrogens is 1. The van der Waals surface area contributed by atoms with Crippen molar-refractivity contribution in [1.29, 1.82) is 0 Å². The molecule has 6 nitrogen and oxygen atoms in total. The number of rotatable bonds is 8. The molecule has 0 unspecified atom stereocenters. The van der Waals surface area contributed by atoms with E-state index in [1.807, 2.05) is 6.07 Å². The summed E-state index contributed by atoms with van der Waals surface area (Å²) in [6.07, 6.45) is 8.17. The number of amides is 1. The van der Waals surface area contributed by atoms with Crippen molar-refractivity contribution in [3.05, 3.63) is 29.6 Å². The van der Waals surface area contributed by atoms with E-state index in [0.717, 1.165) is 25.1 Å². The molecule has 2 N–H and O–H groups in total. The summed E-state index contributed by atoms with van der Waals surface area (Å²) in [5.74, 6) is 0.399. The highest BCUT2D eigenvalue weighted by Crippen LogP contribution is 2.39. The van der Waals surface area contributed by atoms with Gasteiger partial charge in [-0.25, -0.2) is 0 Å². The van der Waals surface area contributed by atoms with Crippen LogP contribution in [0.5, 0.6) is 0 Å². The Kier molecular flexibility index (Phi) is 4.46. The van der Waals surface area contributed by atoms with Crippen molar-refractivity contribution in [2.45, 2.75) is 56.5 Å². The van der Waals surface area contributed by atoms with Gasteiger partial charge in [0.15, 0.2) is 0 Å². The molecule has 25 heavy (non-hydrogen) atoms. The average Bonchev–Trinajstić information content (AvgIpc) is 3.43. The number of pyridine rings is 1. The summed E-state index contributed by atoms with van der Waals surface area (Å²) in [6, 6.07) is 4.10. The van der Waals surface area contributed by atoms with Gasteiger partial charge in [0.1, 0.15) is 0 Å². The highest BCUT2D eigenvalue weighted by atomic mass is 16.4. The number of aliphatic carboxylic acids is 1. The maximum absolute atomic E-state index is 12.4. The quantitative estimate of drug-likeness (QED) is 0.754. The number of nitrogens with one attached hydrogen (secondary N) is 1. The molecular formula is C19H25N3O3. The van der Waals surface area contributed by atoms with Gasteiger partial charge in [0.05, 0.1) is 6.54 Å². The molecule has 0 saturated heterocycles. The van der Waals surface area contributed by atoms with E-state index < -0.39 is 5.97 Å². The molecule has 1 heterocycles. The van der Waals surface area contributed by atoms with Crippen LogP contribution in [0, 0.1) is 5.92 Å². The lowest BCUT2D eigenvalue weighted by molar-refractivity contribution is -0.139. The van der Waals surface area contributed by atoms with Gasteiger partial charge in [-0.15, -0.1) is 0 Å². The van der Waals surface area contributed by atoms with Crippen LogP contribution in [0.4, 0.5) is 0 Å². The Hall–Kier alpha value is -1.95. The van der Waals surface area contributed by atoms with E-state index >= 15 is 0 Å². The summed E-state index contributed by atoms with van der Waals surface area (Å²) in [6.45, 7) is 0.990. The molecule has 3 fully saturated rings. The molecule has 1 amide bonds. The molecule has 0 radical (unpaired) electrons. The van der Waals surface area contributed by atoms with E-state index in [1.165, 1.54) is 25.7 Å². The third kappa shape index (κ3) is 4.18. The minimum atomic E-state index is -0.766. The largest absolute Gasteiger partial charge is 0.480 e. The van der Waals surface area contributed by atoms with Gasteiger partial charge in [0.2, 0.25) is 0 Å². The summed E-state index contributed by atoms with van der Waals surface area (Å²) in [4.78, 5) is 29.9. The Morgan fingerprint density at radius 1 is 1.24 bits per heavy atom. The topological polar surface area (TPSA) is 82.5 Å². The summed E-state index contributed by atoms with van der Waals surface area (Å²) in [7, 11) is 0. The van der Waals surface area contributed by atoms with Gasteiger partial charge < -0.3 is 10.4 Å². The summed E-state index contributed by atoms with van der Waals surface area (Å²) >= 11 is 0. The zero-order valence-corrected chi connectivity index (χ0v) is 14.4. The number of carboxylic acids is 1. The number of hydrogen-bond acceptors (Lipinski definition) is 4. The first-order valence-electron chi connectivity index (χ1n) is 9.31. The maximum Gasteiger partial charge on any atom is 0.317 e. The predicted octanol–water partition coefficient (Wildman–Crippen LogP) is 2.02. The molecule has 0 aromatic carbocycles. The van der Waals surface area contributed by atoms with Crippen LogP contribution in [0.3, 0.4) is 0 Å². The van der Waals surface area contributed by atoms with Crippen LogP contribution in [0.15, 0.2) is 18.3 Å². The molecule has 134 valence electrons. The van der Waals surface area contributed by atoms with Gasteiger partial charge in [0, 0.05) is 42.0 Å². The Bertz CT molecular complexity index is 664. The standard InChI is InChI=1S/C19H25N3O3/c23-18(24)11-22(10-12-1-2-12)16-8-15(9-16)21-19(25)14-5-6-20-17(7-14)13-3-4-13/h5-7,12-13,15-16H,1-4,8-11H2,(H,21,25)(H,23,24). The third-order valence-corrected chi connectivity index (χ3v) is 5.53. The molecule has 6 heteroatoms. The van der Waals surface area contributed by atoms with Crippen molar-refractivity contribution in [2.75, 3.05) is 13.1 Å². The van der Waals surface area contributed by atoms with Gasteiger partial charge in [0.25, 0.3) is 5.91 Å². The van der Waals surface area contributed by atoms with Crippen molar-refractivity contribution < 1.29 is 14.7 Å². The normalized spacial score (nSPS) is 25.5. The van der Waals surface area contributed by atoms with Crippen molar-refractivity contribution in [2.24, 2.45) is 5.92 Å². The number of hydrogen-bond donors (Lipinski definition) is 2. The molecule has 0 bridgehead atoms. The molecule has 3 saturated carbocycles. The minimum absolute atomic E-state index is 0.0419. The second-order valence-electron chi connectivity index (χ2n) is 7.81. The van der Waals surface area contributed by atoms with Crippen molar-refractivity contribution in [3.8, 4) is 0 Å². The highest BCUT2D eigenvalue weighted by molar-refractivity contribution is 5.94. The Labute approximate surface area is 147 Å². The van der Waals surface area contributed by atoms with Gasteiger partial charge >= 0.3 is 5.97 Å². The van der Waals surface area contributed by atoms with E-state index in [4.69, 9.17) is 5.11 Å². The fourth-order valence-corrected chi connectivity index (χ4v) is 3.61. The lowest BCUT2D eigenvalue weighted by Gasteiger charge is -2.42. The van der Waals surface area contributed by atoms with E-state index in [9.17, 15) is 9.59 Å². The van der Waals surface area contributed by atoms with Crippen LogP contribution in [-0.2, 0) is 4.79 Å². The average molecular weight is 343 g/mol. The maximum atomic E-state index is 12.4. The first-order chi connectivity index (χ1) is 12.1.